The molecule has 0 unspecified atom stereocenters. The van der Waals surface area contributed by atoms with Crippen LogP contribution in [-0.2, 0) is 0 Å². The minimum atomic E-state index is 1.02. The fourth-order valence-electron chi connectivity index (χ4n) is 0.305. The molecule has 0 radical (unpaired) electrons. The molecule has 9 heavy (non-hydrogen) atoms. The van der Waals surface area contributed by atoms with Crippen molar-refractivity contribution in [1.29, 1.82) is 0 Å². The normalized spacial score (nSPS) is 10.8. The fraction of sp³-hybridized carbons (Fsp3) is 0.286. The lowest BCUT2D eigenvalue weighted by molar-refractivity contribution is 1.21. The Morgan fingerprint density at radius 2 is 2.44 bits per heavy atom. The van der Waals surface area contributed by atoms with E-state index in [2.05, 4.69) is 23.8 Å². The predicted octanol–water partition coefficient (Wildman–Crippen LogP) is 1.67. The number of nitrogens with one attached hydrogen (secondary N) is 1. The van der Waals surface area contributed by atoms with Crippen molar-refractivity contribution in [3.8, 4) is 0 Å². The summed E-state index contributed by atoms with van der Waals surface area (Å²) in [5, 5.41) is 2.73. The van der Waals surface area contributed by atoms with Crippen LogP contribution in [0.3, 0.4) is 0 Å². The number of hydrogen-bond acceptors (Lipinski definition) is 1. The van der Waals surface area contributed by atoms with Crippen molar-refractivity contribution in [1.82, 2.24) is 5.32 Å². The van der Waals surface area contributed by atoms with Crippen LogP contribution >= 0.6 is 0 Å². The minimum Gasteiger partial charge on any atom is -0.353 e. The van der Waals surface area contributed by atoms with Gasteiger partial charge in [-0.1, -0.05) is 19.6 Å². The van der Waals surface area contributed by atoms with Crippen LogP contribution in [0.1, 0.15) is 13.3 Å². The number of hydrogen-bond donors (Lipinski definition) is 1. The highest BCUT2D eigenvalue weighted by Crippen LogP contribution is 1.77. The van der Waals surface area contributed by atoms with Crippen LogP contribution in [0.2, 0.25) is 0 Å². The molecule has 0 spiro atoms. The molecule has 0 saturated heterocycles. The van der Waals surface area contributed by atoms with Crippen LogP contribution < -0.4 is 5.32 Å². The molecule has 2 heteroatoms. The first kappa shape index (κ1) is 7.95. The zero-order chi connectivity index (χ0) is 6.95. The van der Waals surface area contributed by atoms with Gasteiger partial charge >= 0.3 is 0 Å². The summed E-state index contributed by atoms with van der Waals surface area (Å²) >= 11 is 0. The Balaban J connectivity index is 3.23. The third-order valence-corrected chi connectivity index (χ3v) is 0.694. The van der Waals surface area contributed by atoms with Gasteiger partial charge < -0.3 is 5.32 Å². The van der Waals surface area contributed by atoms with Gasteiger partial charge in [-0.15, -0.1) is 0 Å². The van der Waals surface area contributed by atoms with E-state index in [9.17, 15) is 0 Å². The lowest BCUT2D eigenvalue weighted by Gasteiger charge is -1.81. The zero-order valence-corrected chi connectivity index (χ0v) is 5.67. The van der Waals surface area contributed by atoms with E-state index in [1.165, 1.54) is 0 Å². The quantitative estimate of drug-likeness (QED) is 0.447. The smallest absolute Gasteiger partial charge is 0.0918 e. The summed E-state index contributed by atoms with van der Waals surface area (Å²) in [6, 6.07) is 0. The molecular weight excluding hydrogens is 112 g/mol. The van der Waals surface area contributed by atoms with Gasteiger partial charge in [0, 0.05) is 6.20 Å². The molecule has 0 amide bonds. The second-order valence-corrected chi connectivity index (χ2v) is 1.44. The van der Waals surface area contributed by atoms with Crippen LogP contribution in [0.5, 0.6) is 0 Å². The average molecular weight is 124 g/mol. The van der Waals surface area contributed by atoms with Crippen molar-refractivity contribution in [2.45, 2.75) is 13.3 Å². The predicted molar refractivity (Wildman–Crippen MR) is 41.3 cm³/mol. The Morgan fingerprint density at radius 1 is 1.67 bits per heavy atom. The van der Waals surface area contributed by atoms with Gasteiger partial charge in [-0.25, -0.2) is 4.99 Å². The molecule has 0 aromatic heterocycles. The number of rotatable bonds is 4. The number of nitrogens with zero attached hydrogens (tertiary/aromatic N) is 1. The van der Waals surface area contributed by atoms with E-state index < -0.39 is 0 Å². The average Bonchev–Trinajstić information content (AvgIpc) is 1.89. The van der Waals surface area contributed by atoms with E-state index >= 15 is 0 Å². The zero-order valence-electron chi connectivity index (χ0n) is 5.67. The van der Waals surface area contributed by atoms with Gasteiger partial charge in [0.1, 0.15) is 0 Å². The number of aliphatic imine (C=N–C) groups is 1. The Morgan fingerprint density at radius 3 is 3.00 bits per heavy atom. The molecule has 1 N–H and O–H groups in total. The molecule has 0 aliphatic heterocycles. The monoisotopic (exact) mass is 124 g/mol. The lowest BCUT2D eigenvalue weighted by atomic mass is 10.5. The Labute approximate surface area is 56.0 Å². The Bertz CT molecular complexity index is 114. The fourth-order valence-corrected chi connectivity index (χ4v) is 0.305. The highest BCUT2D eigenvalue weighted by atomic mass is 14.9. The minimum absolute atomic E-state index is 1.02. The maximum atomic E-state index is 3.86. The first-order valence-electron chi connectivity index (χ1n) is 2.95. The molecule has 0 heterocycles. The molecule has 0 aromatic rings. The second kappa shape index (κ2) is 6.95. The summed E-state index contributed by atoms with van der Waals surface area (Å²) in [5.41, 5.74) is 0. The van der Waals surface area contributed by atoms with Crippen molar-refractivity contribution in [2.24, 2.45) is 4.99 Å². The highest BCUT2D eigenvalue weighted by molar-refractivity contribution is 5.56. The highest BCUT2D eigenvalue weighted by Gasteiger charge is 1.61. The molecule has 0 aromatic carbocycles. The lowest BCUT2D eigenvalue weighted by Crippen LogP contribution is -1.97. The second-order valence-electron chi connectivity index (χ2n) is 1.44. The van der Waals surface area contributed by atoms with Gasteiger partial charge in [0.05, 0.1) is 6.34 Å². The summed E-state index contributed by atoms with van der Waals surface area (Å²) in [6.07, 6.45) is 7.89. The van der Waals surface area contributed by atoms with E-state index in [0.717, 1.165) is 6.42 Å². The largest absolute Gasteiger partial charge is 0.353 e. The summed E-state index contributed by atoms with van der Waals surface area (Å²) in [5.74, 6) is 0. The standard InChI is InChI=1S/C7H12N2/c1-3-5-6-9-7-8-4-2/h4-7H,2-3H2,1H3,(H,8,9)/b6-5-. The molecule has 0 aliphatic rings. The number of allylic oxidation sites excluding steroid dienone is 1. The summed E-state index contributed by atoms with van der Waals surface area (Å²) in [4.78, 5) is 3.86. The summed E-state index contributed by atoms with van der Waals surface area (Å²) in [6.45, 7) is 5.51. The molecule has 0 bridgehead atoms. The van der Waals surface area contributed by atoms with Crippen molar-refractivity contribution in [2.75, 3.05) is 0 Å². The molecule has 0 aliphatic carbocycles. The molecule has 50 valence electrons. The topological polar surface area (TPSA) is 24.4 Å². The molecule has 0 saturated carbocycles. The first-order valence-corrected chi connectivity index (χ1v) is 2.95. The van der Waals surface area contributed by atoms with Crippen molar-refractivity contribution in [3.05, 3.63) is 25.1 Å². The van der Waals surface area contributed by atoms with E-state index in [4.69, 9.17) is 0 Å². The maximum absolute atomic E-state index is 3.86. The van der Waals surface area contributed by atoms with Crippen molar-refractivity contribution < 1.29 is 0 Å². The van der Waals surface area contributed by atoms with E-state index in [0.29, 0.717) is 0 Å². The maximum Gasteiger partial charge on any atom is 0.0918 e. The van der Waals surface area contributed by atoms with Crippen LogP contribution in [0, 0.1) is 0 Å². The van der Waals surface area contributed by atoms with Gasteiger partial charge in [0.2, 0.25) is 0 Å². The summed E-state index contributed by atoms with van der Waals surface area (Å²) in [7, 11) is 0. The summed E-state index contributed by atoms with van der Waals surface area (Å²) < 4.78 is 0. The van der Waals surface area contributed by atoms with Gasteiger partial charge in [-0.3, -0.25) is 0 Å². The van der Waals surface area contributed by atoms with Crippen LogP contribution in [-0.4, -0.2) is 6.34 Å². The Kier molecular flexibility index (Phi) is 6.14. The van der Waals surface area contributed by atoms with Gasteiger partial charge in [0.15, 0.2) is 0 Å². The molecule has 0 rings (SSSR count). The first-order chi connectivity index (χ1) is 4.41. The van der Waals surface area contributed by atoms with E-state index in [1.807, 2.05) is 6.08 Å². The van der Waals surface area contributed by atoms with Gasteiger partial charge in [0.25, 0.3) is 0 Å². The van der Waals surface area contributed by atoms with E-state index in [1.54, 1.807) is 18.7 Å². The third-order valence-electron chi connectivity index (χ3n) is 0.694. The van der Waals surface area contributed by atoms with E-state index in [-0.39, 0.29) is 0 Å². The van der Waals surface area contributed by atoms with Crippen molar-refractivity contribution in [3.63, 3.8) is 0 Å². The Hall–Kier alpha value is -1.05. The van der Waals surface area contributed by atoms with Gasteiger partial charge in [-0.2, -0.15) is 0 Å². The molecule has 0 fully saturated rings. The van der Waals surface area contributed by atoms with Crippen LogP contribution in [0.15, 0.2) is 30.0 Å². The third kappa shape index (κ3) is 6.95. The SMILES string of the molecule is C=CNC=N/C=C\CC. The van der Waals surface area contributed by atoms with Crippen LogP contribution in [0.25, 0.3) is 0 Å². The molecular formula is C7H12N2. The van der Waals surface area contributed by atoms with Gasteiger partial charge in [-0.05, 0) is 12.6 Å². The van der Waals surface area contributed by atoms with Crippen LogP contribution in [0.4, 0.5) is 0 Å². The molecule has 2 nitrogen and oxygen atoms in total. The molecule has 0 atom stereocenters. The van der Waals surface area contributed by atoms with Crippen molar-refractivity contribution >= 4 is 6.34 Å².